The van der Waals surface area contributed by atoms with E-state index < -0.39 is 29.6 Å². The van der Waals surface area contributed by atoms with Crippen molar-refractivity contribution >= 4 is 37.0 Å². The van der Waals surface area contributed by atoms with Gasteiger partial charge in [-0.2, -0.15) is 5.26 Å². The van der Waals surface area contributed by atoms with Crippen LogP contribution in [0.15, 0.2) is 17.0 Å². The van der Waals surface area contributed by atoms with Crippen LogP contribution in [0.5, 0.6) is 0 Å². The number of nitro benzene ring substituents is 1. The van der Waals surface area contributed by atoms with E-state index in [9.17, 15) is 18.5 Å². The van der Waals surface area contributed by atoms with Gasteiger partial charge in [0.05, 0.1) is 16.6 Å². The number of halogens is 2. The van der Waals surface area contributed by atoms with Crippen molar-refractivity contribution in [2.45, 2.75) is 4.90 Å². The Balaban J connectivity index is 3.76. The molecule has 0 spiro atoms. The molecular weight excluding hydrogens is 279 g/mol. The van der Waals surface area contributed by atoms with Crippen LogP contribution < -0.4 is 0 Å². The second kappa shape index (κ2) is 4.25. The van der Waals surface area contributed by atoms with Gasteiger partial charge in [-0.3, -0.25) is 10.1 Å². The van der Waals surface area contributed by atoms with Crippen LogP contribution in [0, 0.1) is 21.4 Å². The summed E-state index contributed by atoms with van der Waals surface area (Å²) >= 11 is 5.50. The van der Waals surface area contributed by atoms with Gasteiger partial charge in [0.2, 0.25) is 0 Å². The van der Waals surface area contributed by atoms with E-state index in [1.54, 1.807) is 6.07 Å². The molecule has 0 fully saturated rings. The monoisotopic (exact) mass is 280 g/mol. The van der Waals surface area contributed by atoms with E-state index in [1.165, 1.54) is 0 Å². The Morgan fingerprint density at radius 3 is 2.38 bits per heavy atom. The molecule has 0 saturated heterocycles. The lowest BCUT2D eigenvalue weighted by atomic mass is 10.2. The molecule has 0 aliphatic carbocycles. The topological polar surface area (TPSA) is 101 Å². The van der Waals surface area contributed by atoms with Crippen molar-refractivity contribution in [2.24, 2.45) is 0 Å². The van der Waals surface area contributed by atoms with Gasteiger partial charge in [-0.15, -0.1) is 0 Å². The van der Waals surface area contributed by atoms with Crippen LogP contribution in [0.2, 0.25) is 5.02 Å². The van der Waals surface area contributed by atoms with E-state index in [1.807, 2.05) is 0 Å². The third-order valence-electron chi connectivity index (χ3n) is 1.60. The zero-order chi connectivity index (χ0) is 12.5. The van der Waals surface area contributed by atoms with Crippen LogP contribution in [-0.4, -0.2) is 13.3 Å². The fourth-order valence-corrected chi connectivity index (χ4v) is 2.38. The molecule has 84 valence electrons. The molecule has 1 rings (SSSR count). The summed E-state index contributed by atoms with van der Waals surface area (Å²) in [6.07, 6.45) is 0. The third kappa shape index (κ3) is 2.41. The highest BCUT2D eigenvalue weighted by molar-refractivity contribution is 8.13. The summed E-state index contributed by atoms with van der Waals surface area (Å²) in [6.45, 7) is 0. The highest BCUT2D eigenvalue weighted by Crippen LogP contribution is 2.34. The molecule has 6 nitrogen and oxygen atoms in total. The van der Waals surface area contributed by atoms with Crippen LogP contribution in [0.3, 0.4) is 0 Å². The molecule has 0 aromatic heterocycles. The van der Waals surface area contributed by atoms with Gasteiger partial charge in [-0.05, 0) is 12.1 Å². The molecule has 0 amide bonds. The first-order chi connectivity index (χ1) is 7.27. The summed E-state index contributed by atoms with van der Waals surface area (Å²) in [5.41, 5.74) is -0.967. The minimum absolute atomic E-state index is 0.130. The fourth-order valence-electron chi connectivity index (χ4n) is 1.00. The Morgan fingerprint density at radius 2 is 2.00 bits per heavy atom. The van der Waals surface area contributed by atoms with Crippen molar-refractivity contribution in [2.75, 3.05) is 0 Å². The van der Waals surface area contributed by atoms with Crippen molar-refractivity contribution in [1.82, 2.24) is 0 Å². The van der Waals surface area contributed by atoms with Gasteiger partial charge in [0.1, 0.15) is 5.02 Å². The van der Waals surface area contributed by atoms with Gasteiger partial charge in [0.15, 0.2) is 4.90 Å². The van der Waals surface area contributed by atoms with Gasteiger partial charge in [0.25, 0.3) is 9.05 Å². The number of hydrogen-bond acceptors (Lipinski definition) is 5. The van der Waals surface area contributed by atoms with E-state index in [-0.39, 0.29) is 5.56 Å². The molecule has 16 heavy (non-hydrogen) atoms. The zero-order valence-electron chi connectivity index (χ0n) is 7.35. The molecule has 0 saturated carbocycles. The van der Waals surface area contributed by atoms with Crippen LogP contribution >= 0.6 is 22.3 Å². The minimum atomic E-state index is -4.34. The normalized spacial score (nSPS) is 10.8. The summed E-state index contributed by atoms with van der Waals surface area (Å²) in [6, 6.07) is 3.41. The van der Waals surface area contributed by atoms with Gasteiger partial charge < -0.3 is 0 Å². The smallest absolute Gasteiger partial charge is 0.258 e. The number of nitriles is 1. The first-order valence-electron chi connectivity index (χ1n) is 3.60. The molecule has 0 unspecified atom stereocenters. The first kappa shape index (κ1) is 12.7. The number of benzene rings is 1. The Morgan fingerprint density at radius 1 is 1.44 bits per heavy atom. The number of hydrogen-bond donors (Lipinski definition) is 0. The minimum Gasteiger partial charge on any atom is -0.258 e. The Hall–Kier alpha value is -1.36. The lowest BCUT2D eigenvalue weighted by molar-refractivity contribution is -0.387. The molecule has 0 bridgehead atoms. The number of rotatable bonds is 2. The van der Waals surface area contributed by atoms with E-state index in [0.29, 0.717) is 0 Å². The van der Waals surface area contributed by atoms with Crippen LogP contribution in [0.25, 0.3) is 0 Å². The molecule has 0 aliphatic rings. The van der Waals surface area contributed by atoms with Crippen LogP contribution in [-0.2, 0) is 9.05 Å². The largest absolute Gasteiger partial charge is 0.307 e. The lowest BCUT2D eigenvalue weighted by Crippen LogP contribution is -2.00. The maximum Gasteiger partial charge on any atom is 0.307 e. The van der Waals surface area contributed by atoms with Crippen molar-refractivity contribution < 1.29 is 13.3 Å². The molecule has 9 heteroatoms. The maximum absolute atomic E-state index is 11.1. The third-order valence-corrected chi connectivity index (χ3v) is 3.23. The van der Waals surface area contributed by atoms with Gasteiger partial charge >= 0.3 is 5.69 Å². The first-order valence-corrected chi connectivity index (χ1v) is 6.29. The standard InChI is InChI=1S/C7H2Cl2N2O4S/c8-5-1-4(3-10)2-6(16(9,14)15)7(5)11(12)13/h1-2H. The predicted molar refractivity (Wildman–Crippen MR) is 55.9 cm³/mol. The maximum atomic E-state index is 11.1. The molecule has 0 atom stereocenters. The molecule has 0 heterocycles. The molecule has 0 aliphatic heterocycles. The summed E-state index contributed by atoms with van der Waals surface area (Å²) in [7, 11) is 0.670. The average molecular weight is 281 g/mol. The highest BCUT2D eigenvalue weighted by Gasteiger charge is 2.28. The molecule has 1 aromatic carbocycles. The van der Waals surface area contributed by atoms with E-state index in [0.717, 1.165) is 12.1 Å². The summed E-state index contributed by atoms with van der Waals surface area (Å²) in [5.74, 6) is 0. The second-order valence-corrected chi connectivity index (χ2v) is 5.55. The molecule has 0 radical (unpaired) electrons. The van der Waals surface area contributed by atoms with Crippen molar-refractivity contribution in [3.8, 4) is 6.07 Å². The van der Waals surface area contributed by atoms with Crippen molar-refractivity contribution in [3.05, 3.63) is 32.8 Å². The molecular formula is C7H2Cl2N2O4S. The van der Waals surface area contributed by atoms with E-state index >= 15 is 0 Å². The summed E-state index contributed by atoms with van der Waals surface area (Å²) < 4.78 is 22.1. The second-order valence-electron chi connectivity index (χ2n) is 2.61. The van der Waals surface area contributed by atoms with Crippen molar-refractivity contribution in [3.63, 3.8) is 0 Å². The Kier molecular flexibility index (Phi) is 3.38. The molecule has 1 aromatic rings. The van der Waals surface area contributed by atoms with Crippen LogP contribution in [0.1, 0.15) is 5.56 Å². The lowest BCUT2D eigenvalue weighted by Gasteiger charge is -2.01. The van der Waals surface area contributed by atoms with Crippen molar-refractivity contribution in [1.29, 1.82) is 5.26 Å². The molecule has 0 N–H and O–H groups in total. The van der Waals surface area contributed by atoms with E-state index in [4.69, 9.17) is 27.5 Å². The Labute approximate surface area is 99.6 Å². The quantitative estimate of drug-likeness (QED) is 0.469. The van der Waals surface area contributed by atoms with E-state index in [2.05, 4.69) is 0 Å². The average Bonchev–Trinajstić information content (AvgIpc) is 2.14. The fraction of sp³-hybridized carbons (Fsp3) is 0. The summed E-state index contributed by atoms with van der Waals surface area (Å²) in [4.78, 5) is 8.84. The van der Waals surface area contributed by atoms with Gasteiger partial charge in [-0.1, -0.05) is 11.6 Å². The zero-order valence-corrected chi connectivity index (χ0v) is 9.67. The Bertz CT molecular complexity index is 606. The van der Waals surface area contributed by atoms with Gasteiger partial charge in [-0.25, -0.2) is 8.42 Å². The van der Waals surface area contributed by atoms with Crippen LogP contribution in [0.4, 0.5) is 5.69 Å². The summed E-state index contributed by atoms with van der Waals surface area (Å²) in [5, 5.41) is 18.7. The number of nitrogens with zero attached hydrogens (tertiary/aromatic N) is 2. The SMILES string of the molecule is N#Cc1cc(Cl)c([N+](=O)[O-])c(S(=O)(=O)Cl)c1. The highest BCUT2D eigenvalue weighted by atomic mass is 35.7. The number of nitro groups is 1. The van der Waals surface area contributed by atoms with Gasteiger partial charge in [0, 0.05) is 10.7 Å². The predicted octanol–water partition coefficient (Wildman–Crippen LogP) is 2.05.